The maximum absolute atomic E-state index is 5.56. The zero-order valence-electron chi connectivity index (χ0n) is 9.05. The van der Waals surface area contributed by atoms with Crippen LogP contribution >= 0.6 is 0 Å². The SMILES string of the molecule is CNCc1cccc(Oc2cnccn2)c1. The van der Waals surface area contributed by atoms with E-state index in [1.54, 1.807) is 18.6 Å². The van der Waals surface area contributed by atoms with Gasteiger partial charge < -0.3 is 10.1 Å². The fourth-order valence-corrected chi connectivity index (χ4v) is 1.38. The number of hydrogen-bond acceptors (Lipinski definition) is 4. The molecule has 0 radical (unpaired) electrons. The van der Waals surface area contributed by atoms with Crippen molar-refractivity contribution >= 4 is 0 Å². The molecule has 0 atom stereocenters. The van der Waals surface area contributed by atoms with Gasteiger partial charge >= 0.3 is 0 Å². The van der Waals surface area contributed by atoms with Gasteiger partial charge in [-0.1, -0.05) is 12.1 Å². The smallest absolute Gasteiger partial charge is 0.237 e. The lowest BCUT2D eigenvalue weighted by Crippen LogP contribution is -2.04. The molecule has 0 bridgehead atoms. The van der Waals surface area contributed by atoms with Crippen molar-refractivity contribution < 1.29 is 4.74 Å². The van der Waals surface area contributed by atoms with E-state index < -0.39 is 0 Å². The van der Waals surface area contributed by atoms with Crippen molar-refractivity contribution in [2.75, 3.05) is 7.05 Å². The van der Waals surface area contributed by atoms with Crippen LogP contribution in [0.3, 0.4) is 0 Å². The average Bonchev–Trinajstić information content (AvgIpc) is 2.31. The van der Waals surface area contributed by atoms with Gasteiger partial charge in [0.05, 0.1) is 6.20 Å². The summed E-state index contributed by atoms with van der Waals surface area (Å²) in [5, 5.41) is 3.09. The van der Waals surface area contributed by atoms with E-state index in [1.165, 1.54) is 5.56 Å². The van der Waals surface area contributed by atoms with E-state index in [2.05, 4.69) is 15.3 Å². The van der Waals surface area contributed by atoms with E-state index in [0.29, 0.717) is 5.88 Å². The molecule has 4 heteroatoms. The van der Waals surface area contributed by atoms with Crippen LogP contribution in [-0.4, -0.2) is 17.0 Å². The fourth-order valence-electron chi connectivity index (χ4n) is 1.38. The highest BCUT2D eigenvalue weighted by atomic mass is 16.5. The summed E-state index contributed by atoms with van der Waals surface area (Å²) in [6.07, 6.45) is 4.81. The molecule has 0 unspecified atom stereocenters. The fraction of sp³-hybridized carbons (Fsp3) is 0.167. The lowest BCUT2D eigenvalue weighted by Gasteiger charge is -2.05. The van der Waals surface area contributed by atoms with Crippen molar-refractivity contribution in [2.24, 2.45) is 0 Å². The highest BCUT2D eigenvalue weighted by Crippen LogP contribution is 2.19. The van der Waals surface area contributed by atoms with Gasteiger partial charge in [0.2, 0.25) is 5.88 Å². The lowest BCUT2D eigenvalue weighted by atomic mass is 10.2. The molecule has 0 fully saturated rings. The van der Waals surface area contributed by atoms with Gasteiger partial charge in [0.15, 0.2) is 0 Å². The Bertz CT molecular complexity index is 445. The molecule has 1 N–H and O–H groups in total. The summed E-state index contributed by atoms with van der Waals surface area (Å²) in [5.74, 6) is 1.28. The van der Waals surface area contributed by atoms with Gasteiger partial charge in [-0.25, -0.2) is 4.98 Å². The molecule has 0 aliphatic heterocycles. The highest BCUT2D eigenvalue weighted by Gasteiger charge is 1.99. The quantitative estimate of drug-likeness (QED) is 0.847. The van der Waals surface area contributed by atoms with E-state index in [-0.39, 0.29) is 0 Å². The minimum absolute atomic E-state index is 0.504. The summed E-state index contributed by atoms with van der Waals surface area (Å²) in [7, 11) is 1.91. The molecular formula is C12H13N3O. The van der Waals surface area contributed by atoms with Crippen LogP contribution < -0.4 is 10.1 Å². The number of nitrogens with one attached hydrogen (secondary N) is 1. The third kappa shape index (κ3) is 2.77. The minimum Gasteiger partial charge on any atom is -0.437 e. The molecule has 1 aromatic heterocycles. The van der Waals surface area contributed by atoms with Crippen LogP contribution in [0.1, 0.15) is 5.56 Å². The van der Waals surface area contributed by atoms with Crippen LogP contribution in [0.5, 0.6) is 11.6 Å². The Kier molecular flexibility index (Phi) is 3.46. The second-order valence-corrected chi connectivity index (χ2v) is 3.32. The Labute approximate surface area is 94.3 Å². The Morgan fingerprint density at radius 2 is 2.25 bits per heavy atom. The van der Waals surface area contributed by atoms with Crippen LogP contribution in [0.4, 0.5) is 0 Å². The predicted octanol–water partition coefficient (Wildman–Crippen LogP) is 1.99. The summed E-state index contributed by atoms with van der Waals surface area (Å²) in [6.45, 7) is 0.817. The second-order valence-electron chi connectivity index (χ2n) is 3.32. The maximum atomic E-state index is 5.56. The zero-order valence-corrected chi connectivity index (χ0v) is 9.05. The molecule has 16 heavy (non-hydrogen) atoms. The first-order valence-electron chi connectivity index (χ1n) is 5.06. The van der Waals surface area contributed by atoms with Gasteiger partial charge in [-0.3, -0.25) is 4.98 Å². The average molecular weight is 215 g/mol. The molecule has 0 aliphatic carbocycles. The molecule has 2 rings (SSSR count). The number of nitrogens with zero attached hydrogens (tertiary/aromatic N) is 2. The Hall–Kier alpha value is -1.94. The topological polar surface area (TPSA) is 47.0 Å². The standard InChI is InChI=1S/C12H13N3O/c1-13-8-10-3-2-4-11(7-10)16-12-9-14-5-6-15-12/h2-7,9,13H,8H2,1H3. The summed E-state index contributed by atoms with van der Waals surface area (Å²) in [4.78, 5) is 7.99. The van der Waals surface area contributed by atoms with Crippen molar-refractivity contribution in [3.8, 4) is 11.6 Å². The van der Waals surface area contributed by atoms with Crippen molar-refractivity contribution in [1.29, 1.82) is 0 Å². The monoisotopic (exact) mass is 215 g/mol. The Balaban J connectivity index is 2.12. The van der Waals surface area contributed by atoms with Crippen LogP contribution in [0.25, 0.3) is 0 Å². The van der Waals surface area contributed by atoms with Crippen molar-refractivity contribution in [1.82, 2.24) is 15.3 Å². The van der Waals surface area contributed by atoms with Crippen LogP contribution in [0.15, 0.2) is 42.9 Å². The number of rotatable bonds is 4. The van der Waals surface area contributed by atoms with Gasteiger partial charge in [-0.05, 0) is 24.7 Å². The molecular weight excluding hydrogens is 202 g/mol. The summed E-state index contributed by atoms with van der Waals surface area (Å²) in [6, 6.07) is 7.87. The Morgan fingerprint density at radius 3 is 3.00 bits per heavy atom. The molecule has 0 aliphatic rings. The zero-order chi connectivity index (χ0) is 11.2. The molecule has 0 saturated heterocycles. The maximum Gasteiger partial charge on any atom is 0.237 e. The second kappa shape index (κ2) is 5.23. The van der Waals surface area contributed by atoms with Gasteiger partial charge in [0.1, 0.15) is 5.75 Å². The molecule has 0 amide bonds. The normalized spacial score (nSPS) is 10.1. The van der Waals surface area contributed by atoms with Crippen LogP contribution in [0.2, 0.25) is 0 Å². The van der Waals surface area contributed by atoms with E-state index in [9.17, 15) is 0 Å². The van der Waals surface area contributed by atoms with Gasteiger partial charge in [-0.2, -0.15) is 0 Å². The Morgan fingerprint density at radius 1 is 1.31 bits per heavy atom. The first kappa shape index (κ1) is 10.6. The molecule has 0 spiro atoms. The van der Waals surface area contributed by atoms with Crippen LogP contribution in [0, 0.1) is 0 Å². The number of benzene rings is 1. The summed E-state index contributed by atoms with van der Waals surface area (Å²) >= 11 is 0. The molecule has 4 nitrogen and oxygen atoms in total. The molecule has 1 heterocycles. The third-order valence-electron chi connectivity index (χ3n) is 2.04. The first-order chi connectivity index (χ1) is 7.88. The van der Waals surface area contributed by atoms with Crippen molar-refractivity contribution in [2.45, 2.75) is 6.54 Å². The van der Waals surface area contributed by atoms with Gasteiger partial charge in [-0.15, -0.1) is 0 Å². The summed E-state index contributed by atoms with van der Waals surface area (Å²) < 4.78 is 5.56. The highest BCUT2D eigenvalue weighted by molar-refractivity contribution is 5.30. The van der Waals surface area contributed by atoms with E-state index >= 15 is 0 Å². The van der Waals surface area contributed by atoms with E-state index in [0.717, 1.165) is 12.3 Å². The number of aromatic nitrogens is 2. The largest absolute Gasteiger partial charge is 0.437 e. The molecule has 0 saturated carbocycles. The molecule has 1 aromatic carbocycles. The van der Waals surface area contributed by atoms with Crippen molar-refractivity contribution in [3.05, 3.63) is 48.4 Å². The van der Waals surface area contributed by atoms with E-state index in [4.69, 9.17) is 4.74 Å². The van der Waals surface area contributed by atoms with Gasteiger partial charge in [0, 0.05) is 18.9 Å². The van der Waals surface area contributed by atoms with Crippen LogP contribution in [-0.2, 0) is 6.54 Å². The van der Waals surface area contributed by atoms with E-state index in [1.807, 2.05) is 31.3 Å². The first-order valence-corrected chi connectivity index (χ1v) is 5.06. The van der Waals surface area contributed by atoms with Crippen molar-refractivity contribution in [3.63, 3.8) is 0 Å². The third-order valence-corrected chi connectivity index (χ3v) is 2.04. The number of hydrogen-bond donors (Lipinski definition) is 1. The number of ether oxygens (including phenoxy) is 1. The molecule has 2 aromatic rings. The minimum atomic E-state index is 0.504. The predicted molar refractivity (Wildman–Crippen MR) is 61.3 cm³/mol. The molecule has 82 valence electrons. The summed E-state index contributed by atoms with van der Waals surface area (Å²) in [5.41, 5.74) is 1.17. The lowest BCUT2D eigenvalue weighted by molar-refractivity contribution is 0.459. The van der Waals surface area contributed by atoms with Gasteiger partial charge in [0.25, 0.3) is 0 Å².